The number of aryl methyl sites for hydroxylation is 2. The van der Waals surface area contributed by atoms with E-state index in [9.17, 15) is 21.6 Å². The molecule has 0 bridgehead atoms. The molecule has 8 nitrogen and oxygen atoms in total. The van der Waals surface area contributed by atoms with Crippen LogP contribution < -0.4 is 0 Å². The Kier molecular flexibility index (Phi) is 5.38. The maximum atomic E-state index is 13.1. The minimum absolute atomic E-state index is 0.0882. The van der Waals surface area contributed by atoms with Crippen LogP contribution in [0.15, 0.2) is 33.6 Å². The molecule has 12 heteroatoms. The fraction of sp³-hybridized carbons (Fsp3) is 0.421. The Morgan fingerprint density at radius 1 is 1.16 bits per heavy atom. The van der Waals surface area contributed by atoms with Crippen LogP contribution >= 0.6 is 0 Å². The van der Waals surface area contributed by atoms with Gasteiger partial charge >= 0.3 is 6.18 Å². The maximum Gasteiger partial charge on any atom is 0.416 e. The van der Waals surface area contributed by atoms with Gasteiger partial charge < -0.3 is 4.42 Å². The first kappa shape index (κ1) is 21.5. The molecule has 1 fully saturated rings. The maximum absolute atomic E-state index is 13.1. The molecule has 0 saturated carbocycles. The predicted molar refractivity (Wildman–Crippen MR) is 104 cm³/mol. The second-order valence-corrected chi connectivity index (χ2v) is 9.36. The third kappa shape index (κ3) is 4.09. The fourth-order valence-electron chi connectivity index (χ4n) is 3.73. The number of hydrogen-bond acceptors (Lipinski definition) is 6. The minimum atomic E-state index is -4.43. The molecule has 0 radical (unpaired) electrons. The Labute approximate surface area is 176 Å². The Bertz CT molecular complexity index is 1170. The molecule has 3 aromatic rings. The second-order valence-electron chi connectivity index (χ2n) is 7.49. The van der Waals surface area contributed by atoms with Crippen molar-refractivity contribution in [3.8, 4) is 11.5 Å². The summed E-state index contributed by atoms with van der Waals surface area (Å²) in [4.78, 5) is 0.170. The van der Waals surface area contributed by atoms with Gasteiger partial charge in [0.1, 0.15) is 4.90 Å². The Morgan fingerprint density at radius 3 is 2.48 bits per heavy atom. The standard InChI is InChI=1S/C19H20F3N5O3S/c1-11-16(12(2)24-23-11)31(28,29)27-9-3-4-14(10-27)18-26-25-17(30-18)13-5-7-15(8-6-13)19(20,21)22/h5-8,14H,3-4,9-10H2,1-2H3,(H,23,24). The van der Waals surface area contributed by atoms with Crippen LogP contribution in [0.2, 0.25) is 0 Å². The molecular formula is C19H20F3N5O3S. The van der Waals surface area contributed by atoms with Crippen LogP contribution in [0.25, 0.3) is 11.5 Å². The summed E-state index contributed by atoms with van der Waals surface area (Å²) in [6.07, 6.45) is -3.16. The van der Waals surface area contributed by atoms with Crippen LogP contribution in [-0.2, 0) is 16.2 Å². The van der Waals surface area contributed by atoms with E-state index in [2.05, 4.69) is 20.4 Å². The van der Waals surface area contributed by atoms with Crippen molar-refractivity contribution in [2.24, 2.45) is 0 Å². The zero-order chi connectivity index (χ0) is 22.4. The number of hydrogen-bond donors (Lipinski definition) is 1. The summed E-state index contributed by atoms with van der Waals surface area (Å²) in [6.45, 7) is 3.82. The van der Waals surface area contributed by atoms with Crippen LogP contribution in [0, 0.1) is 13.8 Å². The summed E-state index contributed by atoms with van der Waals surface area (Å²) in [7, 11) is -3.74. The van der Waals surface area contributed by atoms with Gasteiger partial charge in [0.15, 0.2) is 0 Å². The zero-order valence-electron chi connectivity index (χ0n) is 16.8. The third-order valence-corrected chi connectivity index (χ3v) is 7.42. The van der Waals surface area contributed by atoms with Gasteiger partial charge in [-0.05, 0) is 51.0 Å². The molecule has 1 aliphatic heterocycles. The van der Waals surface area contributed by atoms with Crippen molar-refractivity contribution in [1.82, 2.24) is 24.7 Å². The average Bonchev–Trinajstić information content (AvgIpc) is 3.35. The molecular weight excluding hydrogens is 435 g/mol. The lowest BCUT2D eigenvalue weighted by Gasteiger charge is -2.30. The SMILES string of the molecule is Cc1n[nH]c(C)c1S(=O)(=O)N1CCCC(c2nnc(-c3ccc(C(F)(F)F)cc3)o2)C1. The van der Waals surface area contributed by atoms with Crippen molar-refractivity contribution in [1.29, 1.82) is 0 Å². The molecule has 0 amide bonds. The summed E-state index contributed by atoms with van der Waals surface area (Å²) >= 11 is 0. The van der Waals surface area contributed by atoms with E-state index in [1.807, 2.05) is 0 Å². The van der Waals surface area contributed by atoms with E-state index in [0.717, 1.165) is 12.1 Å². The predicted octanol–water partition coefficient (Wildman–Crippen LogP) is 3.66. The number of nitrogens with one attached hydrogen (secondary N) is 1. The summed E-state index contributed by atoms with van der Waals surface area (Å²) in [5, 5.41) is 14.6. The van der Waals surface area contributed by atoms with Crippen LogP contribution in [-0.4, -0.2) is 46.2 Å². The fourth-order valence-corrected chi connectivity index (χ4v) is 5.59. The average molecular weight is 455 g/mol. The summed E-state index contributed by atoms with van der Waals surface area (Å²) < 4.78 is 71.5. The van der Waals surface area contributed by atoms with E-state index in [0.29, 0.717) is 36.3 Å². The first-order valence-electron chi connectivity index (χ1n) is 9.60. The van der Waals surface area contributed by atoms with Crippen LogP contribution in [0.4, 0.5) is 13.2 Å². The van der Waals surface area contributed by atoms with Gasteiger partial charge in [0.25, 0.3) is 0 Å². The number of sulfonamides is 1. The Hall–Kier alpha value is -2.73. The lowest BCUT2D eigenvalue weighted by molar-refractivity contribution is -0.137. The molecule has 4 rings (SSSR count). The molecule has 1 unspecified atom stereocenters. The Balaban J connectivity index is 1.54. The van der Waals surface area contributed by atoms with Gasteiger partial charge in [0.2, 0.25) is 21.8 Å². The lowest BCUT2D eigenvalue weighted by Crippen LogP contribution is -2.39. The number of aromatic amines is 1. The first-order valence-corrected chi connectivity index (χ1v) is 11.0. The highest BCUT2D eigenvalue weighted by Gasteiger charge is 2.36. The highest BCUT2D eigenvalue weighted by molar-refractivity contribution is 7.89. The number of rotatable bonds is 4. The van der Waals surface area contributed by atoms with Crippen molar-refractivity contribution in [3.05, 3.63) is 47.1 Å². The van der Waals surface area contributed by atoms with Crippen LogP contribution in [0.5, 0.6) is 0 Å². The summed E-state index contributed by atoms with van der Waals surface area (Å²) in [6, 6.07) is 4.43. The highest BCUT2D eigenvalue weighted by Crippen LogP contribution is 2.34. The molecule has 0 aliphatic carbocycles. The third-order valence-electron chi connectivity index (χ3n) is 5.29. The molecule has 1 saturated heterocycles. The van der Waals surface area contributed by atoms with Gasteiger partial charge in [-0.2, -0.15) is 22.6 Å². The summed E-state index contributed by atoms with van der Waals surface area (Å²) in [5.41, 5.74) is 0.467. The molecule has 0 spiro atoms. The second kappa shape index (κ2) is 7.75. The molecule has 2 aromatic heterocycles. The van der Waals surface area contributed by atoms with Gasteiger partial charge in [-0.3, -0.25) is 5.10 Å². The Morgan fingerprint density at radius 2 is 1.87 bits per heavy atom. The van der Waals surface area contributed by atoms with E-state index in [1.165, 1.54) is 16.4 Å². The molecule has 166 valence electrons. The van der Waals surface area contributed by atoms with Gasteiger partial charge in [-0.15, -0.1) is 10.2 Å². The van der Waals surface area contributed by atoms with E-state index >= 15 is 0 Å². The van der Waals surface area contributed by atoms with Crippen molar-refractivity contribution in [2.45, 2.75) is 43.7 Å². The largest absolute Gasteiger partial charge is 0.420 e. The number of alkyl halides is 3. The molecule has 1 aromatic carbocycles. The molecule has 1 atom stereocenters. The number of aromatic nitrogens is 4. The normalized spacial score (nSPS) is 18.4. The van der Waals surface area contributed by atoms with Crippen molar-refractivity contribution in [3.63, 3.8) is 0 Å². The van der Waals surface area contributed by atoms with Crippen molar-refractivity contribution >= 4 is 10.0 Å². The van der Waals surface area contributed by atoms with Crippen LogP contribution in [0.1, 0.15) is 41.6 Å². The van der Waals surface area contributed by atoms with Gasteiger partial charge in [0.05, 0.1) is 22.9 Å². The highest BCUT2D eigenvalue weighted by atomic mass is 32.2. The molecule has 3 heterocycles. The smallest absolute Gasteiger partial charge is 0.416 e. The van der Waals surface area contributed by atoms with Crippen LogP contribution in [0.3, 0.4) is 0 Å². The van der Waals surface area contributed by atoms with E-state index < -0.39 is 21.8 Å². The number of piperidine rings is 1. The number of benzene rings is 1. The number of H-pyrrole nitrogens is 1. The van der Waals surface area contributed by atoms with Gasteiger partial charge in [-0.1, -0.05) is 0 Å². The molecule has 1 N–H and O–H groups in total. The lowest BCUT2D eigenvalue weighted by atomic mass is 10.00. The quantitative estimate of drug-likeness (QED) is 0.644. The van der Waals surface area contributed by atoms with Crippen molar-refractivity contribution in [2.75, 3.05) is 13.1 Å². The first-order chi connectivity index (χ1) is 14.6. The monoisotopic (exact) mass is 455 g/mol. The topological polar surface area (TPSA) is 105 Å². The van der Waals surface area contributed by atoms with E-state index in [4.69, 9.17) is 4.42 Å². The minimum Gasteiger partial charge on any atom is -0.420 e. The number of nitrogens with zero attached hydrogens (tertiary/aromatic N) is 4. The zero-order valence-corrected chi connectivity index (χ0v) is 17.6. The molecule has 31 heavy (non-hydrogen) atoms. The summed E-state index contributed by atoms with van der Waals surface area (Å²) in [5.74, 6) is 0.0346. The van der Waals surface area contributed by atoms with E-state index in [-0.39, 0.29) is 29.1 Å². The van der Waals surface area contributed by atoms with E-state index in [1.54, 1.807) is 13.8 Å². The van der Waals surface area contributed by atoms with Crippen molar-refractivity contribution < 1.29 is 26.0 Å². The number of halogens is 3. The molecule has 1 aliphatic rings. The van der Waals surface area contributed by atoms with Gasteiger partial charge in [-0.25, -0.2) is 8.42 Å². The van der Waals surface area contributed by atoms with Gasteiger partial charge in [0, 0.05) is 18.7 Å².